The molecule has 1 amide bonds. The van der Waals surface area contributed by atoms with Gasteiger partial charge >= 0.3 is 0 Å². The maximum Gasteiger partial charge on any atom is 0.237 e. The molecule has 1 saturated heterocycles. The van der Waals surface area contributed by atoms with E-state index >= 15 is 0 Å². The number of benzene rings is 2. The van der Waals surface area contributed by atoms with Crippen molar-refractivity contribution >= 4 is 44.8 Å². The number of carbonyl (C=O) groups excluding carboxylic acids is 1. The van der Waals surface area contributed by atoms with Gasteiger partial charge in [0.1, 0.15) is 5.84 Å². The minimum Gasteiger partial charge on any atom is -0.384 e. The lowest BCUT2D eigenvalue weighted by Crippen LogP contribution is -2.49. The summed E-state index contributed by atoms with van der Waals surface area (Å²) in [6.07, 6.45) is 0. The van der Waals surface area contributed by atoms with Crippen molar-refractivity contribution in [1.29, 1.82) is 5.41 Å². The molecule has 28 heavy (non-hydrogen) atoms. The fourth-order valence-corrected chi connectivity index (χ4v) is 4.79. The second-order valence-electron chi connectivity index (χ2n) is 7.03. The Bertz CT molecular complexity index is 1030. The van der Waals surface area contributed by atoms with Crippen LogP contribution in [0.15, 0.2) is 48.5 Å². The Labute approximate surface area is 172 Å². The predicted molar refractivity (Wildman–Crippen MR) is 115 cm³/mol. The van der Waals surface area contributed by atoms with E-state index in [2.05, 4.69) is 11.0 Å². The summed E-state index contributed by atoms with van der Waals surface area (Å²) < 4.78 is 1.16. The number of rotatable bonds is 5. The average Bonchev–Trinajstić information content (AvgIpc) is 3.06. The van der Waals surface area contributed by atoms with Gasteiger partial charge < -0.3 is 10.6 Å². The minimum absolute atomic E-state index is 0.0684. The lowest BCUT2D eigenvalue weighted by molar-refractivity contribution is -0.136. The van der Waals surface area contributed by atoms with Crippen molar-refractivity contribution in [2.75, 3.05) is 19.6 Å². The van der Waals surface area contributed by atoms with Crippen molar-refractivity contribution in [3.63, 3.8) is 0 Å². The zero-order valence-corrected chi connectivity index (χ0v) is 16.9. The highest BCUT2D eigenvalue weighted by atomic mass is 35.5. The van der Waals surface area contributed by atoms with Gasteiger partial charge in [-0.3, -0.25) is 15.1 Å². The lowest BCUT2D eigenvalue weighted by atomic mass is 10.1. The number of carbonyl (C=O) groups is 1. The van der Waals surface area contributed by atoms with Crippen molar-refractivity contribution in [3.05, 3.63) is 69.6 Å². The van der Waals surface area contributed by atoms with Crippen LogP contribution in [0, 0.1) is 5.41 Å². The van der Waals surface area contributed by atoms with Crippen molar-refractivity contribution in [2.24, 2.45) is 5.73 Å². The standard InChI is InChI=1S/C21H21ClN4OS/c22-17-6-5-16-9-18(28-19(16)10-17)12-26-8-7-25(13-20(26)27)11-14-1-3-15(4-2-14)21(23)24/h1-6,9-10H,7-8,11-13H2,(H3,23,24). The Morgan fingerprint density at radius 2 is 1.89 bits per heavy atom. The van der Waals surface area contributed by atoms with Gasteiger partial charge in [-0.15, -0.1) is 11.3 Å². The normalized spacial score (nSPS) is 15.3. The largest absolute Gasteiger partial charge is 0.384 e. The van der Waals surface area contributed by atoms with Crippen LogP contribution in [0.4, 0.5) is 0 Å². The molecule has 1 fully saturated rings. The first-order valence-electron chi connectivity index (χ1n) is 9.09. The zero-order chi connectivity index (χ0) is 19.7. The van der Waals surface area contributed by atoms with Crippen LogP contribution in [0.1, 0.15) is 16.0 Å². The van der Waals surface area contributed by atoms with Crippen LogP contribution < -0.4 is 5.73 Å². The van der Waals surface area contributed by atoms with Gasteiger partial charge in [-0.05, 0) is 29.1 Å². The van der Waals surface area contributed by atoms with E-state index in [4.69, 9.17) is 22.7 Å². The molecule has 3 N–H and O–H groups in total. The fraction of sp³-hybridized carbons (Fsp3) is 0.238. The summed E-state index contributed by atoms with van der Waals surface area (Å²) in [5, 5.41) is 9.37. The van der Waals surface area contributed by atoms with Crippen LogP contribution >= 0.6 is 22.9 Å². The molecule has 1 aliphatic heterocycles. The van der Waals surface area contributed by atoms with Crippen LogP contribution in [0.3, 0.4) is 0 Å². The molecule has 0 bridgehead atoms. The molecule has 0 radical (unpaired) electrons. The third-order valence-corrected chi connectivity index (χ3v) is 6.27. The summed E-state index contributed by atoms with van der Waals surface area (Å²) >= 11 is 7.76. The number of amidine groups is 1. The first-order chi connectivity index (χ1) is 13.5. The number of nitrogen functional groups attached to an aromatic ring is 1. The smallest absolute Gasteiger partial charge is 0.237 e. The third kappa shape index (κ3) is 4.19. The molecule has 2 aromatic carbocycles. The minimum atomic E-state index is 0.0684. The van der Waals surface area contributed by atoms with E-state index in [9.17, 15) is 4.79 Å². The molecule has 1 aliphatic rings. The Balaban J connectivity index is 1.36. The number of fused-ring (bicyclic) bond motifs is 1. The van der Waals surface area contributed by atoms with Crippen LogP contribution in [0.25, 0.3) is 10.1 Å². The SMILES string of the molecule is N=C(N)c1ccc(CN2CCN(Cc3cc4ccc(Cl)cc4s3)C(=O)C2)cc1. The molecule has 2 heterocycles. The first-order valence-corrected chi connectivity index (χ1v) is 10.3. The number of nitrogens with two attached hydrogens (primary N) is 1. The molecule has 1 aromatic heterocycles. The molecule has 4 rings (SSSR count). The predicted octanol–water partition coefficient (Wildman–Crippen LogP) is 3.68. The average molecular weight is 413 g/mol. The van der Waals surface area contributed by atoms with E-state index in [0.717, 1.165) is 34.9 Å². The fourth-order valence-electron chi connectivity index (χ4n) is 3.43. The number of amides is 1. The van der Waals surface area contributed by atoms with Gasteiger partial charge in [0.2, 0.25) is 5.91 Å². The van der Waals surface area contributed by atoms with Crippen LogP contribution in [0.5, 0.6) is 0 Å². The molecule has 0 unspecified atom stereocenters. The molecule has 0 spiro atoms. The Hall–Kier alpha value is -2.41. The Kier molecular flexibility index (Phi) is 5.35. The topological polar surface area (TPSA) is 73.4 Å². The molecule has 0 atom stereocenters. The molecular formula is C21H21ClN4OS. The van der Waals surface area contributed by atoms with Gasteiger partial charge in [-0.2, -0.15) is 0 Å². The second kappa shape index (κ2) is 7.91. The Morgan fingerprint density at radius 3 is 2.61 bits per heavy atom. The molecule has 144 valence electrons. The summed E-state index contributed by atoms with van der Waals surface area (Å²) in [5.41, 5.74) is 7.33. The maximum absolute atomic E-state index is 12.6. The number of piperazine rings is 1. The molecule has 0 aliphatic carbocycles. The van der Waals surface area contributed by atoms with Crippen LogP contribution in [-0.4, -0.2) is 41.2 Å². The van der Waals surface area contributed by atoms with E-state index in [1.54, 1.807) is 11.3 Å². The van der Waals surface area contributed by atoms with E-state index < -0.39 is 0 Å². The highest BCUT2D eigenvalue weighted by molar-refractivity contribution is 7.19. The number of thiophene rings is 1. The van der Waals surface area contributed by atoms with Crippen LogP contribution in [-0.2, 0) is 17.9 Å². The molecule has 3 aromatic rings. The van der Waals surface area contributed by atoms with Gasteiger partial charge in [0.15, 0.2) is 0 Å². The summed E-state index contributed by atoms with van der Waals surface area (Å²) in [5.74, 6) is 0.223. The summed E-state index contributed by atoms with van der Waals surface area (Å²) in [6, 6.07) is 15.7. The van der Waals surface area contributed by atoms with Gasteiger partial charge in [-0.1, -0.05) is 41.9 Å². The highest BCUT2D eigenvalue weighted by Crippen LogP contribution is 2.29. The highest BCUT2D eigenvalue weighted by Gasteiger charge is 2.24. The summed E-state index contributed by atoms with van der Waals surface area (Å²) in [6.45, 7) is 3.36. The van der Waals surface area contributed by atoms with Gasteiger partial charge in [0.05, 0.1) is 13.1 Å². The summed E-state index contributed by atoms with van der Waals surface area (Å²) in [4.78, 5) is 17.9. The van der Waals surface area contributed by atoms with Crippen LogP contribution in [0.2, 0.25) is 5.02 Å². The van der Waals surface area contributed by atoms with Crippen molar-refractivity contribution in [1.82, 2.24) is 9.80 Å². The number of nitrogens with one attached hydrogen (secondary N) is 1. The van der Waals surface area contributed by atoms with Crippen molar-refractivity contribution < 1.29 is 4.79 Å². The summed E-state index contributed by atoms with van der Waals surface area (Å²) in [7, 11) is 0. The zero-order valence-electron chi connectivity index (χ0n) is 15.3. The molecule has 5 nitrogen and oxygen atoms in total. The monoisotopic (exact) mass is 412 g/mol. The molecular weight excluding hydrogens is 392 g/mol. The van der Waals surface area contributed by atoms with Gasteiger partial charge in [-0.25, -0.2) is 0 Å². The van der Waals surface area contributed by atoms with E-state index in [1.807, 2.05) is 47.4 Å². The lowest BCUT2D eigenvalue weighted by Gasteiger charge is -2.34. The third-order valence-electron chi connectivity index (χ3n) is 4.95. The number of halogens is 1. The number of hydrogen-bond acceptors (Lipinski definition) is 4. The van der Waals surface area contributed by atoms with E-state index in [1.165, 1.54) is 10.3 Å². The van der Waals surface area contributed by atoms with Crippen molar-refractivity contribution in [3.8, 4) is 0 Å². The Morgan fingerprint density at radius 1 is 1.11 bits per heavy atom. The van der Waals surface area contributed by atoms with Gasteiger partial charge in [0.25, 0.3) is 0 Å². The molecule has 0 saturated carbocycles. The van der Waals surface area contributed by atoms with E-state index in [-0.39, 0.29) is 11.7 Å². The molecule has 7 heteroatoms. The maximum atomic E-state index is 12.6. The number of nitrogens with zero attached hydrogens (tertiary/aromatic N) is 2. The first kappa shape index (κ1) is 18.9. The number of hydrogen-bond donors (Lipinski definition) is 2. The van der Waals surface area contributed by atoms with E-state index in [0.29, 0.717) is 18.7 Å². The van der Waals surface area contributed by atoms with Crippen molar-refractivity contribution in [2.45, 2.75) is 13.1 Å². The quantitative estimate of drug-likeness (QED) is 0.496. The van der Waals surface area contributed by atoms with Gasteiger partial charge in [0, 0.05) is 39.8 Å². The second-order valence-corrected chi connectivity index (χ2v) is 8.64.